The molecule has 0 aromatic heterocycles. The lowest BCUT2D eigenvalue weighted by molar-refractivity contribution is -0.135. The molecule has 7 heteroatoms. The Labute approximate surface area is 115 Å². The standard InChI is InChI=1S/C13H14N2O5/c1-3-20-13(19)11(8(2)16)15-14-10-6-4-9(5-7-10)12(17)18/h4-7,14H,3H2,1-2H3,(H,17,18)/b15-11-. The molecule has 0 saturated heterocycles. The zero-order valence-corrected chi connectivity index (χ0v) is 11.0. The maximum absolute atomic E-state index is 11.5. The highest BCUT2D eigenvalue weighted by molar-refractivity contribution is 6.64. The molecule has 0 aliphatic heterocycles. The van der Waals surface area contributed by atoms with Gasteiger partial charge in [-0.1, -0.05) is 0 Å². The molecule has 0 radical (unpaired) electrons. The summed E-state index contributed by atoms with van der Waals surface area (Å²) >= 11 is 0. The van der Waals surface area contributed by atoms with Gasteiger partial charge in [-0.05, 0) is 31.2 Å². The molecule has 1 aromatic carbocycles. The number of ketones is 1. The van der Waals surface area contributed by atoms with E-state index in [1.807, 2.05) is 0 Å². The number of carbonyl (C=O) groups excluding carboxylic acids is 2. The van der Waals surface area contributed by atoms with Crippen LogP contribution in [-0.2, 0) is 14.3 Å². The Balaban J connectivity index is 2.84. The molecule has 2 N–H and O–H groups in total. The summed E-state index contributed by atoms with van der Waals surface area (Å²) < 4.78 is 4.70. The number of ether oxygens (including phenoxy) is 1. The van der Waals surface area contributed by atoms with Crippen molar-refractivity contribution < 1.29 is 24.2 Å². The van der Waals surface area contributed by atoms with E-state index >= 15 is 0 Å². The van der Waals surface area contributed by atoms with Crippen LogP contribution in [0.1, 0.15) is 24.2 Å². The van der Waals surface area contributed by atoms with Crippen LogP contribution in [0.3, 0.4) is 0 Å². The van der Waals surface area contributed by atoms with Gasteiger partial charge in [-0.25, -0.2) is 9.59 Å². The summed E-state index contributed by atoms with van der Waals surface area (Å²) in [4.78, 5) is 33.4. The first-order valence-electron chi connectivity index (χ1n) is 5.80. The number of carboxylic acids is 1. The van der Waals surface area contributed by atoms with Crippen LogP contribution in [0.2, 0.25) is 0 Å². The SMILES string of the molecule is CCOC(=O)/C(=N\Nc1ccc(C(=O)O)cc1)C(C)=O. The van der Waals surface area contributed by atoms with Gasteiger partial charge in [0.1, 0.15) is 0 Å². The Hall–Kier alpha value is -2.70. The van der Waals surface area contributed by atoms with Crippen molar-refractivity contribution in [3.8, 4) is 0 Å². The number of carboxylic acid groups (broad SMARTS) is 1. The van der Waals surface area contributed by atoms with Crippen molar-refractivity contribution in [3.05, 3.63) is 29.8 Å². The first-order chi connectivity index (χ1) is 9.45. The molecule has 1 rings (SSSR count). The van der Waals surface area contributed by atoms with E-state index in [0.717, 1.165) is 0 Å². The summed E-state index contributed by atoms with van der Waals surface area (Å²) in [6.07, 6.45) is 0. The van der Waals surface area contributed by atoms with Gasteiger partial charge in [0.15, 0.2) is 5.78 Å². The van der Waals surface area contributed by atoms with Crippen molar-refractivity contribution in [1.29, 1.82) is 0 Å². The van der Waals surface area contributed by atoms with Gasteiger partial charge in [0.05, 0.1) is 17.9 Å². The minimum atomic E-state index is -1.05. The number of benzene rings is 1. The van der Waals surface area contributed by atoms with Gasteiger partial charge in [-0.3, -0.25) is 10.2 Å². The highest BCUT2D eigenvalue weighted by atomic mass is 16.5. The molecule has 0 saturated carbocycles. The fourth-order valence-corrected chi connectivity index (χ4v) is 1.28. The fraction of sp³-hybridized carbons (Fsp3) is 0.231. The van der Waals surface area contributed by atoms with E-state index in [2.05, 4.69) is 10.5 Å². The number of anilines is 1. The second kappa shape index (κ2) is 7.03. The Kier molecular flexibility index (Phi) is 5.40. The van der Waals surface area contributed by atoms with Crippen LogP contribution in [0.4, 0.5) is 5.69 Å². The second-order valence-corrected chi connectivity index (χ2v) is 3.73. The number of esters is 1. The number of rotatable bonds is 6. The van der Waals surface area contributed by atoms with Crippen LogP contribution in [-0.4, -0.2) is 35.1 Å². The minimum absolute atomic E-state index is 0.122. The van der Waals surface area contributed by atoms with Crippen LogP contribution in [0.5, 0.6) is 0 Å². The summed E-state index contributed by atoms with van der Waals surface area (Å²) in [6.45, 7) is 2.96. The molecule has 0 aliphatic carbocycles. The van der Waals surface area contributed by atoms with Gasteiger partial charge in [-0.2, -0.15) is 5.10 Å². The average Bonchev–Trinajstić information content (AvgIpc) is 2.39. The highest BCUT2D eigenvalue weighted by Crippen LogP contribution is 2.09. The van der Waals surface area contributed by atoms with Crippen LogP contribution in [0.15, 0.2) is 29.4 Å². The predicted octanol–water partition coefficient (Wildman–Crippen LogP) is 1.30. The molecule has 0 heterocycles. The Morgan fingerprint density at radius 1 is 1.25 bits per heavy atom. The topological polar surface area (TPSA) is 105 Å². The molecule has 20 heavy (non-hydrogen) atoms. The average molecular weight is 278 g/mol. The number of aromatic carboxylic acids is 1. The quantitative estimate of drug-likeness (QED) is 0.352. The zero-order chi connectivity index (χ0) is 15.1. The molecule has 7 nitrogen and oxygen atoms in total. The summed E-state index contributed by atoms with van der Waals surface area (Å²) in [5.74, 6) is -2.39. The molecule has 0 atom stereocenters. The van der Waals surface area contributed by atoms with Gasteiger partial charge >= 0.3 is 11.9 Å². The Morgan fingerprint density at radius 2 is 1.85 bits per heavy atom. The van der Waals surface area contributed by atoms with Gasteiger partial charge in [0.25, 0.3) is 0 Å². The number of nitrogens with one attached hydrogen (secondary N) is 1. The third-order valence-corrected chi connectivity index (χ3v) is 2.23. The highest BCUT2D eigenvalue weighted by Gasteiger charge is 2.17. The van der Waals surface area contributed by atoms with Gasteiger partial charge in [0, 0.05) is 6.92 Å². The molecule has 0 aliphatic rings. The van der Waals surface area contributed by atoms with Gasteiger partial charge in [-0.15, -0.1) is 0 Å². The van der Waals surface area contributed by atoms with Crippen LogP contribution < -0.4 is 5.43 Å². The Morgan fingerprint density at radius 3 is 2.30 bits per heavy atom. The van der Waals surface area contributed by atoms with Crippen molar-refractivity contribution >= 4 is 29.1 Å². The predicted molar refractivity (Wildman–Crippen MR) is 71.8 cm³/mol. The molecule has 1 aromatic rings. The van der Waals surface area contributed by atoms with Crippen molar-refractivity contribution in [2.75, 3.05) is 12.0 Å². The molecule has 0 bridgehead atoms. The van der Waals surface area contributed by atoms with E-state index in [1.165, 1.54) is 31.2 Å². The lowest BCUT2D eigenvalue weighted by Crippen LogP contribution is -2.25. The number of hydrogen-bond acceptors (Lipinski definition) is 6. The van der Waals surface area contributed by atoms with E-state index in [9.17, 15) is 14.4 Å². The summed E-state index contributed by atoms with van der Waals surface area (Å²) in [7, 11) is 0. The third kappa shape index (κ3) is 4.20. The minimum Gasteiger partial charge on any atom is -0.478 e. The molecule has 0 spiro atoms. The molecule has 106 valence electrons. The molecule has 0 fully saturated rings. The maximum Gasteiger partial charge on any atom is 0.362 e. The first-order valence-corrected chi connectivity index (χ1v) is 5.80. The van der Waals surface area contributed by atoms with E-state index < -0.39 is 17.7 Å². The van der Waals surface area contributed by atoms with Crippen LogP contribution >= 0.6 is 0 Å². The normalized spacial score (nSPS) is 10.8. The van der Waals surface area contributed by atoms with E-state index in [-0.39, 0.29) is 17.9 Å². The maximum atomic E-state index is 11.5. The number of hydrogen-bond donors (Lipinski definition) is 2. The zero-order valence-electron chi connectivity index (χ0n) is 11.0. The van der Waals surface area contributed by atoms with Crippen LogP contribution in [0.25, 0.3) is 0 Å². The first kappa shape index (κ1) is 15.4. The largest absolute Gasteiger partial charge is 0.478 e. The van der Waals surface area contributed by atoms with Crippen LogP contribution in [0, 0.1) is 0 Å². The summed E-state index contributed by atoms with van der Waals surface area (Å²) in [5, 5.41) is 12.4. The second-order valence-electron chi connectivity index (χ2n) is 3.73. The number of hydrazone groups is 1. The summed E-state index contributed by atoms with van der Waals surface area (Å²) in [5.41, 5.74) is 2.72. The fourth-order valence-electron chi connectivity index (χ4n) is 1.28. The van der Waals surface area contributed by atoms with Crippen molar-refractivity contribution in [3.63, 3.8) is 0 Å². The number of Topliss-reactive ketones (excluding diaryl/α,β-unsaturated/α-hetero) is 1. The number of carbonyl (C=O) groups is 3. The summed E-state index contributed by atoms with van der Waals surface area (Å²) in [6, 6.07) is 5.68. The van der Waals surface area contributed by atoms with E-state index in [1.54, 1.807) is 6.92 Å². The smallest absolute Gasteiger partial charge is 0.362 e. The Bertz CT molecular complexity index is 548. The molecular weight excluding hydrogens is 264 g/mol. The van der Waals surface area contributed by atoms with Gasteiger partial charge < -0.3 is 9.84 Å². The number of nitrogens with zero attached hydrogens (tertiary/aromatic N) is 1. The van der Waals surface area contributed by atoms with E-state index in [4.69, 9.17) is 9.84 Å². The van der Waals surface area contributed by atoms with Crippen molar-refractivity contribution in [2.45, 2.75) is 13.8 Å². The molecule has 0 amide bonds. The van der Waals surface area contributed by atoms with Gasteiger partial charge in [0.2, 0.25) is 5.71 Å². The third-order valence-electron chi connectivity index (χ3n) is 2.23. The van der Waals surface area contributed by atoms with Crippen molar-refractivity contribution in [1.82, 2.24) is 0 Å². The lowest BCUT2D eigenvalue weighted by atomic mass is 10.2. The molecular formula is C13H14N2O5. The lowest BCUT2D eigenvalue weighted by Gasteiger charge is -2.04. The van der Waals surface area contributed by atoms with E-state index in [0.29, 0.717) is 5.69 Å². The van der Waals surface area contributed by atoms with Crippen molar-refractivity contribution in [2.24, 2.45) is 5.10 Å². The monoisotopic (exact) mass is 278 g/mol. The molecule has 0 unspecified atom stereocenters.